The van der Waals surface area contributed by atoms with Crippen molar-refractivity contribution in [3.63, 3.8) is 0 Å². The third kappa shape index (κ3) is 3.22. The van der Waals surface area contributed by atoms with E-state index < -0.39 is 5.97 Å². The molecular formula is C17H20N2O4. The lowest BCUT2D eigenvalue weighted by Gasteiger charge is -2.35. The summed E-state index contributed by atoms with van der Waals surface area (Å²) in [6.45, 7) is 5.26. The van der Waals surface area contributed by atoms with Gasteiger partial charge in [-0.1, -0.05) is 18.2 Å². The Labute approximate surface area is 135 Å². The van der Waals surface area contributed by atoms with E-state index in [4.69, 9.17) is 13.9 Å². The van der Waals surface area contributed by atoms with Crippen molar-refractivity contribution in [3.8, 4) is 11.5 Å². The molecule has 2 heterocycles. The summed E-state index contributed by atoms with van der Waals surface area (Å²) in [5.74, 6) is 0.350. The van der Waals surface area contributed by atoms with Gasteiger partial charge in [0, 0.05) is 18.7 Å². The zero-order valence-electron chi connectivity index (χ0n) is 13.5. The summed E-state index contributed by atoms with van der Waals surface area (Å²) >= 11 is 0. The van der Waals surface area contributed by atoms with Crippen LogP contribution in [0.15, 0.2) is 34.7 Å². The minimum absolute atomic E-state index is 0.0505. The smallest absolute Gasteiger partial charge is 0.362 e. The van der Waals surface area contributed by atoms with Gasteiger partial charge < -0.3 is 18.8 Å². The summed E-state index contributed by atoms with van der Waals surface area (Å²) in [5.41, 5.74) is 1.02. The number of hydrogen-bond donors (Lipinski definition) is 0. The largest absolute Gasteiger partial charge is 0.464 e. The molecule has 0 radical (unpaired) electrons. The molecule has 23 heavy (non-hydrogen) atoms. The second-order valence-electron chi connectivity index (χ2n) is 5.69. The molecule has 1 fully saturated rings. The van der Waals surface area contributed by atoms with Gasteiger partial charge in [0.15, 0.2) is 0 Å². The maximum atomic E-state index is 12.1. The van der Waals surface area contributed by atoms with E-state index in [-0.39, 0.29) is 17.9 Å². The van der Waals surface area contributed by atoms with Crippen LogP contribution in [0.1, 0.15) is 24.3 Å². The van der Waals surface area contributed by atoms with Gasteiger partial charge in [-0.2, -0.15) is 4.98 Å². The summed E-state index contributed by atoms with van der Waals surface area (Å²) in [5, 5.41) is 0. The van der Waals surface area contributed by atoms with Crippen LogP contribution in [-0.4, -0.2) is 43.4 Å². The maximum absolute atomic E-state index is 12.1. The van der Waals surface area contributed by atoms with Crippen molar-refractivity contribution in [2.45, 2.75) is 26.1 Å². The van der Waals surface area contributed by atoms with Crippen LogP contribution < -0.4 is 4.90 Å². The number of carbonyl (C=O) groups is 1. The van der Waals surface area contributed by atoms with Gasteiger partial charge in [0.1, 0.15) is 0 Å². The molecule has 1 aromatic heterocycles. The zero-order chi connectivity index (χ0) is 16.4. The van der Waals surface area contributed by atoms with Gasteiger partial charge in [0.2, 0.25) is 17.5 Å². The highest BCUT2D eigenvalue weighted by Gasteiger charge is 2.31. The van der Waals surface area contributed by atoms with Gasteiger partial charge in [0.05, 0.1) is 19.3 Å². The fourth-order valence-corrected chi connectivity index (χ4v) is 2.80. The number of oxazole rings is 1. The summed E-state index contributed by atoms with van der Waals surface area (Å²) in [4.78, 5) is 18.4. The lowest BCUT2D eigenvalue weighted by molar-refractivity contribution is -0.00650. The first-order valence-electron chi connectivity index (χ1n) is 7.63. The van der Waals surface area contributed by atoms with E-state index in [1.165, 1.54) is 7.11 Å². The number of ether oxygens (including phenoxy) is 2. The predicted molar refractivity (Wildman–Crippen MR) is 85.5 cm³/mol. The highest BCUT2D eigenvalue weighted by atomic mass is 16.5. The molecule has 3 rings (SSSR count). The normalized spacial score (nSPS) is 21.3. The quantitative estimate of drug-likeness (QED) is 0.811. The van der Waals surface area contributed by atoms with Crippen LogP contribution in [0.25, 0.3) is 11.5 Å². The lowest BCUT2D eigenvalue weighted by atomic mass is 10.2. The Bertz CT molecular complexity index is 673. The number of benzene rings is 1. The van der Waals surface area contributed by atoms with E-state index >= 15 is 0 Å². The van der Waals surface area contributed by atoms with Crippen molar-refractivity contribution in [2.24, 2.45) is 0 Å². The van der Waals surface area contributed by atoms with Gasteiger partial charge in [-0.15, -0.1) is 0 Å². The van der Waals surface area contributed by atoms with Gasteiger partial charge >= 0.3 is 5.97 Å². The first-order valence-corrected chi connectivity index (χ1v) is 7.63. The van der Waals surface area contributed by atoms with Crippen molar-refractivity contribution >= 4 is 11.9 Å². The molecule has 122 valence electrons. The number of morpholine rings is 1. The third-order valence-corrected chi connectivity index (χ3v) is 3.72. The van der Waals surface area contributed by atoms with Crippen LogP contribution in [0.5, 0.6) is 0 Å². The Kier molecular flexibility index (Phi) is 4.34. The lowest BCUT2D eigenvalue weighted by Crippen LogP contribution is -2.45. The van der Waals surface area contributed by atoms with Crippen molar-refractivity contribution in [1.82, 2.24) is 4.98 Å². The molecule has 1 aliphatic rings. The standard InChI is InChI=1S/C17H20N2O4/c1-11-9-19(10-12(2)22-11)16-14(17(20)21-3)18-15(23-16)13-7-5-4-6-8-13/h4-8,11-12H,9-10H2,1-3H3. The third-order valence-electron chi connectivity index (χ3n) is 3.72. The van der Waals surface area contributed by atoms with Gasteiger partial charge in [-0.05, 0) is 26.0 Å². The van der Waals surface area contributed by atoms with Crippen LogP contribution in [-0.2, 0) is 9.47 Å². The van der Waals surface area contributed by atoms with E-state index in [0.717, 1.165) is 5.56 Å². The molecule has 2 atom stereocenters. The molecule has 2 unspecified atom stereocenters. The van der Waals surface area contributed by atoms with E-state index in [0.29, 0.717) is 24.9 Å². The number of esters is 1. The molecular weight excluding hydrogens is 296 g/mol. The fourth-order valence-electron chi connectivity index (χ4n) is 2.80. The van der Waals surface area contributed by atoms with Crippen LogP contribution >= 0.6 is 0 Å². The van der Waals surface area contributed by atoms with Crippen molar-refractivity contribution in [3.05, 3.63) is 36.0 Å². The molecule has 0 spiro atoms. The minimum atomic E-state index is -0.502. The fraction of sp³-hybridized carbons (Fsp3) is 0.412. The van der Waals surface area contributed by atoms with E-state index in [1.54, 1.807) is 0 Å². The Hall–Kier alpha value is -2.34. The Balaban J connectivity index is 2.01. The zero-order valence-corrected chi connectivity index (χ0v) is 13.5. The molecule has 6 heteroatoms. The molecule has 2 aromatic rings. The van der Waals surface area contributed by atoms with E-state index in [1.807, 2.05) is 49.1 Å². The number of nitrogens with zero attached hydrogens (tertiary/aromatic N) is 2. The highest BCUT2D eigenvalue weighted by Crippen LogP contribution is 2.30. The average molecular weight is 316 g/mol. The monoisotopic (exact) mass is 316 g/mol. The van der Waals surface area contributed by atoms with Crippen LogP contribution in [0.3, 0.4) is 0 Å². The molecule has 1 aliphatic heterocycles. The highest BCUT2D eigenvalue weighted by molar-refractivity contribution is 5.93. The first kappa shape index (κ1) is 15.6. The number of methoxy groups -OCH3 is 1. The SMILES string of the molecule is COC(=O)c1nc(-c2ccccc2)oc1N1CC(C)OC(C)C1. The second kappa shape index (κ2) is 6.42. The number of carbonyl (C=O) groups excluding carboxylic acids is 1. The van der Waals surface area contributed by atoms with Crippen LogP contribution in [0.4, 0.5) is 5.88 Å². The van der Waals surface area contributed by atoms with E-state index in [2.05, 4.69) is 4.98 Å². The minimum Gasteiger partial charge on any atom is -0.464 e. The van der Waals surface area contributed by atoms with Gasteiger partial charge in [0.25, 0.3) is 0 Å². The van der Waals surface area contributed by atoms with Crippen LogP contribution in [0.2, 0.25) is 0 Å². The van der Waals surface area contributed by atoms with Crippen LogP contribution in [0, 0.1) is 0 Å². The molecule has 0 amide bonds. The Morgan fingerprint density at radius 1 is 1.22 bits per heavy atom. The number of aromatic nitrogens is 1. The first-order chi connectivity index (χ1) is 11.1. The number of hydrogen-bond acceptors (Lipinski definition) is 6. The molecule has 1 aromatic carbocycles. The summed E-state index contributed by atoms with van der Waals surface area (Å²) in [7, 11) is 1.34. The number of anilines is 1. The molecule has 6 nitrogen and oxygen atoms in total. The molecule has 0 aliphatic carbocycles. The van der Waals surface area contributed by atoms with Crippen molar-refractivity contribution < 1.29 is 18.7 Å². The summed E-state index contributed by atoms with van der Waals surface area (Å²) in [6.07, 6.45) is 0.101. The topological polar surface area (TPSA) is 64.8 Å². The van der Waals surface area contributed by atoms with Crippen molar-refractivity contribution in [2.75, 3.05) is 25.1 Å². The summed E-state index contributed by atoms with van der Waals surface area (Å²) < 4.78 is 16.5. The van der Waals surface area contributed by atoms with Gasteiger partial charge in [-0.25, -0.2) is 4.79 Å². The molecule has 1 saturated heterocycles. The van der Waals surface area contributed by atoms with E-state index in [9.17, 15) is 4.79 Å². The average Bonchev–Trinajstić information content (AvgIpc) is 2.99. The Morgan fingerprint density at radius 2 is 1.87 bits per heavy atom. The number of rotatable bonds is 3. The van der Waals surface area contributed by atoms with Gasteiger partial charge in [-0.3, -0.25) is 0 Å². The molecule has 0 bridgehead atoms. The predicted octanol–water partition coefficient (Wildman–Crippen LogP) is 2.74. The van der Waals surface area contributed by atoms with Crippen molar-refractivity contribution in [1.29, 1.82) is 0 Å². The molecule has 0 saturated carbocycles. The maximum Gasteiger partial charge on any atom is 0.362 e. The second-order valence-corrected chi connectivity index (χ2v) is 5.69. The summed E-state index contributed by atoms with van der Waals surface area (Å²) in [6, 6.07) is 9.49. The molecule has 0 N–H and O–H groups in total. The Morgan fingerprint density at radius 3 is 2.48 bits per heavy atom.